The maximum absolute atomic E-state index is 4.98. The summed E-state index contributed by atoms with van der Waals surface area (Å²) >= 11 is 0. The molecular weight excluding hydrogens is 410 g/mol. The van der Waals surface area contributed by atoms with Gasteiger partial charge in [-0.1, -0.05) is 103 Å². The number of rotatable bonds is 0. The lowest BCUT2D eigenvalue weighted by Gasteiger charge is -2.17. The summed E-state index contributed by atoms with van der Waals surface area (Å²) in [5.74, 6) is 0. The van der Waals surface area contributed by atoms with Crippen LogP contribution in [0.5, 0.6) is 0 Å². The predicted octanol–water partition coefficient (Wildman–Crippen LogP) is 9.15. The monoisotopic (exact) mass is 429 g/mol. The third-order valence-corrected chi connectivity index (χ3v) is 7.44. The molecule has 0 aliphatic rings. The highest BCUT2D eigenvalue weighted by Crippen LogP contribution is 2.45. The highest BCUT2D eigenvalue weighted by Gasteiger charge is 2.17. The van der Waals surface area contributed by atoms with Crippen LogP contribution in [0.2, 0.25) is 0 Å². The Labute approximate surface area is 195 Å². The zero-order valence-corrected chi connectivity index (χ0v) is 18.4. The van der Waals surface area contributed by atoms with Crippen molar-refractivity contribution in [2.24, 2.45) is 0 Å². The number of pyridine rings is 1. The second kappa shape index (κ2) is 6.52. The van der Waals surface area contributed by atoms with Crippen molar-refractivity contribution >= 4 is 75.5 Å². The van der Waals surface area contributed by atoms with Crippen LogP contribution in [0.4, 0.5) is 0 Å². The van der Waals surface area contributed by atoms with E-state index < -0.39 is 0 Å². The molecule has 1 nitrogen and oxygen atoms in total. The Morgan fingerprint density at radius 1 is 0.324 bits per heavy atom. The minimum atomic E-state index is 1.08. The first-order valence-corrected chi connectivity index (χ1v) is 11.7. The van der Waals surface area contributed by atoms with E-state index in [0.29, 0.717) is 0 Å². The van der Waals surface area contributed by atoms with Crippen molar-refractivity contribution in [1.82, 2.24) is 4.98 Å². The Morgan fingerprint density at radius 2 is 0.824 bits per heavy atom. The van der Waals surface area contributed by atoms with Crippen molar-refractivity contribution in [1.29, 1.82) is 0 Å². The average Bonchev–Trinajstić information content (AvgIpc) is 2.92. The van der Waals surface area contributed by atoms with Gasteiger partial charge in [-0.15, -0.1) is 0 Å². The van der Waals surface area contributed by atoms with Gasteiger partial charge in [0.05, 0.1) is 5.52 Å². The minimum absolute atomic E-state index is 1.08. The van der Waals surface area contributed by atoms with E-state index in [9.17, 15) is 0 Å². The van der Waals surface area contributed by atoms with Gasteiger partial charge in [0.15, 0.2) is 0 Å². The van der Waals surface area contributed by atoms with Crippen molar-refractivity contribution < 1.29 is 0 Å². The summed E-state index contributed by atoms with van der Waals surface area (Å²) in [4.78, 5) is 4.98. The van der Waals surface area contributed by atoms with E-state index in [0.717, 1.165) is 5.52 Å². The largest absolute Gasteiger partial charge is 0.256 e. The summed E-state index contributed by atoms with van der Waals surface area (Å²) in [7, 11) is 0. The lowest BCUT2D eigenvalue weighted by Crippen LogP contribution is -1.90. The van der Waals surface area contributed by atoms with Crippen molar-refractivity contribution in [3.63, 3.8) is 0 Å². The highest BCUT2D eigenvalue weighted by atomic mass is 14.6. The van der Waals surface area contributed by atoms with Crippen molar-refractivity contribution in [3.8, 4) is 0 Å². The van der Waals surface area contributed by atoms with E-state index in [1.165, 1.54) is 70.0 Å². The fraction of sp³-hybridized carbons (Fsp3) is 0. The Bertz CT molecular complexity index is 2080. The van der Waals surface area contributed by atoms with Gasteiger partial charge in [0.2, 0.25) is 0 Å². The van der Waals surface area contributed by atoms with Crippen LogP contribution in [0, 0.1) is 0 Å². The number of fused-ring (bicyclic) bond motifs is 15. The quantitative estimate of drug-likeness (QED) is 0.219. The standard InChI is InChI=1S/C33H19N/c1-2-9-21-20(8-1)15-16-26-22-10-3-4-11-23(22)27-17-18-28-24-12-5-6-13-25(24)29-14-7-19-34-33(29)32(28)31(27)30(21)26/h1-19H. The predicted molar refractivity (Wildman–Crippen MR) is 147 cm³/mol. The smallest absolute Gasteiger partial charge is 0.0793 e. The molecule has 0 saturated heterocycles. The molecule has 0 aliphatic carbocycles. The van der Waals surface area contributed by atoms with Crippen LogP contribution >= 0.6 is 0 Å². The third-order valence-electron chi connectivity index (χ3n) is 7.44. The Balaban J connectivity index is 1.84. The molecule has 0 saturated carbocycles. The van der Waals surface area contributed by atoms with Crippen LogP contribution in [0.3, 0.4) is 0 Å². The SMILES string of the molecule is c1ccc2c(c1)ccc1c3ccccc3c3ccc4c5ccccc5c5cccnc5c4c3c21. The molecule has 34 heavy (non-hydrogen) atoms. The Hall–Kier alpha value is -4.49. The third kappa shape index (κ3) is 2.21. The molecule has 0 aliphatic heterocycles. The van der Waals surface area contributed by atoms with Crippen LogP contribution in [0.1, 0.15) is 0 Å². The molecule has 0 fully saturated rings. The maximum atomic E-state index is 4.98. The Kier molecular flexibility index (Phi) is 3.45. The topological polar surface area (TPSA) is 12.9 Å². The molecule has 0 spiro atoms. The van der Waals surface area contributed by atoms with E-state index in [1.807, 2.05) is 6.20 Å². The molecule has 7 aromatic carbocycles. The summed E-state index contributed by atoms with van der Waals surface area (Å²) < 4.78 is 0. The fourth-order valence-electron chi connectivity index (χ4n) is 6.05. The van der Waals surface area contributed by atoms with Gasteiger partial charge in [-0.2, -0.15) is 0 Å². The first-order chi connectivity index (χ1) is 16.9. The summed E-state index contributed by atoms with van der Waals surface area (Å²) in [6, 6.07) is 39.7. The Morgan fingerprint density at radius 3 is 1.53 bits per heavy atom. The van der Waals surface area contributed by atoms with Gasteiger partial charge < -0.3 is 0 Å². The molecule has 1 aromatic heterocycles. The van der Waals surface area contributed by atoms with Crippen molar-refractivity contribution in [3.05, 3.63) is 115 Å². The second-order valence-electron chi connectivity index (χ2n) is 9.11. The molecule has 1 heterocycles. The first-order valence-electron chi connectivity index (χ1n) is 11.7. The number of benzene rings is 7. The second-order valence-corrected chi connectivity index (χ2v) is 9.11. The van der Waals surface area contributed by atoms with Crippen LogP contribution in [0.25, 0.3) is 75.5 Å². The molecule has 0 bridgehead atoms. The van der Waals surface area contributed by atoms with Crippen LogP contribution in [0.15, 0.2) is 115 Å². The first kappa shape index (κ1) is 18.0. The lowest BCUT2D eigenvalue weighted by molar-refractivity contribution is 1.43. The van der Waals surface area contributed by atoms with Gasteiger partial charge >= 0.3 is 0 Å². The highest BCUT2D eigenvalue weighted by molar-refractivity contribution is 6.41. The molecular formula is C33H19N. The summed E-state index contributed by atoms with van der Waals surface area (Å²) in [6.45, 7) is 0. The van der Waals surface area contributed by atoms with Gasteiger partial charge in [-0.05, 0) is 59.9 Å². The normalized spacial score (nSPS) is 12.1. The van der Waals surface area contributed by atoms with Gasteiger partial charge in [0, 0.05) is 22.4 Å². The van der Waals surface area contributed by atoms with E-state index in [-0.39, 0.29) is 0 Å². The van der Waals surface area contributed by atoms with Gasteiger partial charge in [-0.3, -0.25) is 4.98 Å². The van der Waals surface area contributed by atoms with E-state index >= 15 is 0 Å². The van der Waals surface area contributed by atoms with Gasteiger partial charge in [0.1, 0.15) is 0 Å². The number of hydrogen-bond donors (Lipinski definition) is 0. The van der Waals surface area contributed by atoms with E-state index in [1.54, 1.807) is 0 Å². The molecule has 8 aromatic rings. The zero-order valence-electron chi connectivity index (χ0n) is 18.4. The van der Waals surface area contributed by atoms with Crippen LogP contribution < -0.4 is 0 Å². The van der Waals surface area contributed by atoms with E-state index in [2.05, 4.69) is 109 Å². The van der Waals surface area contributed by atoms with Crippen molar-refractivity contribution in [2.45, 2.75) is 0 Å². The summed E-state index contributed by atoms with van der Waals surface area (Å²) in [5, 5.41) is 16.6. The molecule has 0 unspecified atom stereocenters. The minimum Gasteiger partial charge on any atom is -0.256 e. The lowest BCUT2D eigenvalue weighted by atomic mass is 9.86. The fourth-order valence-corrected chi connectivity index (χ4v) is 6.05. The van der Waals surface area contributed by atoms with Gasteiger partial charge in [0.25, 0.3) is 0 Å². The molecule has 8 rings (SSSR count). The molecule has 1 heteroatoms. The van der Waals surface area contributed by atoms with Crippen molar-refractivity contribution in [2.75, 3.05) is 0 Å². The summed E-state index contributed by atoms with van der Waals surface area (Å²) in [6.07, 6.45) is 1.93. The summed E-state index contributed by atoms with van der Waals surface area (Å²) in [5.41, 5.74) is 1.08. The average molecular weight is 430 g/mol. The van der Waals surface area contributed by atoms with Crippen LogP contribution in [-0.4, -0.2) is 4.98 Å². The molecule has 0 amide bonds. The molecule has 0 atom stereocenters. The number of aromatic nitrogens is 1. The molecule has 0 N–H and O–H groups in total. The number of nitrogens with zero attached hydrogens (tertiary/aromatic N) is 1. The van der Waals surface area contributed by atoms with E-state index in [4.69, 9.17) is 4.98 Å². The number of hydrogen-bond acceptors (Lipinski definition) is 1. The molecule has 0 radical (unpaired) electrons. The maximum Gasteiger partial charge on any atom is 0.0793 e. The zero-order chi connectivity index (χ0) is 22.2. The molecule has 156 valence electrons. The van der Waals surface area contributed by atoms with Crippen LogP contribution in [-0.2, 0) is 0 Å². The van der Waals surface area contributed by atoms with Gasteiger partial charge in [-0.25, -0.2) is 0 Å².